The summed E-state index contributed by atoms with van der Waals surface area (Å²) >= 11 is 0. The van der Waals surface area contributed by atoms with Crippen molar-refractivity contribution in [3.05, 3.63) is 0 Å². The highest BCUT2D eigenvalue weighted by Gasteiger charge is 2.39. The molecule has 9 nitrogen and oxygen atoms in total. The highest BCUT2D eigenvalue weighted by molar-refractivity contribution is 5.90. The summed E-state index contributed by atoms with van der Waals surface area (Å²) in [6, 6.07) is -0.495. The second kappa shape index (κ2) is 5.76. The fourth-order valence-corrected chi connectivity index (χ4v) is 3.42. The number of hydrogen-bond donors (Lipinski definition) is 4. The molecular weight excluding hydrogens is 276 g/mol. The first kappa shape index (κ1) is 13.9. The van der Waals surface area contributed by atoms with Crippen molar-refractivity contribution in [2.24, 2.45) is 17.8 Å². The number of nitrogens with zero attached hydrogens (tertiary/aromatic N) is 3. The normalized spacial score (nSPS) is 32.2. The fourth-order valence-electron chi connectivity index (χ4n) is 3.42. The number of H-pyrrole nitrogens is 1. The number of carboxylic acids is 1. The first-order valence-corrected chi connectivity index (χ1v) is 7.14. The molecule has 1 amide bonds. The van der Waals surface area contributed by atoms with Gasteiger partial charge in [0.1, 0.15) is 6.04 Å². The zero-order chi connectivity index (χ0) is 14.8. The predicted octanol–water partition coefficient (Wildman–Crippen LogP) is -0.383. The Kier molecular flexibility index (Phi) is 3.82. The van der Waals surface area contributed by atoms with E-state index in [1.54, 1.807) is 0 Å². The summed E-state index contributed by atoms with van der Waals surface area (Å²) in [4.78, 5) is 23.3. The third kappa shape index (κ3) is 3.02. The van der Waals surface area contributed by atoms with Crippen LogP contribution in [0.1, 0.15) is 25.7 Å². The topological polar surface area (TPSA) is 133 Å². The number of nitrogens with one attached hydrogen (secondary N) is 3. The lowest BCUT2D eigenvalue weighted by Gasteiger charge is -2.41. The third-order valence-corrected chi connectivity index (χ3v) is 4.55. The molecule has 2 heterocycles. The van der Waals surface area contributed by atoms with Crippen LogP contribution in [0.5, 0.6) is 0 Å². The number of anilines is 1. The molecule has 1 aliphatic heterocycles. The molecule has 114 valence electrons. The molecule has 1 aliphatic carbocycles. The van der Waals surface area contributed by atoms with Gasteiger partial charge in [-0.3, -0.25) is 14.9 Å². The van der Waals surface area contributed by atoms with Gasteiger partial charge >= 0.3 is 5.97 Å². The molecule has 0 spiro atoms. The smallest absolute Gasteiger partial charge is 0.320 e. The van der Waals surface area contributed by atoms with Crippen molar-refractivity contribution in [2.45, 2.75) is 31.7 Å². The van der Waals surface area contributed by atoms with Gasteiger partial charge < -0.3 is 10.4 Å². The van der Waals surface area contributed by atoms with Gasteiger partial charge in [-0.05, 0) is 49.3 Å². The van der Waals surface area contributed by atoms with Gasteiger partial charge in [0.25, 0.3) is 5.95 Å². The van der Waals surface area contributed by atoms with Gasteiger partial charge in [-0.15, -0.1) is 5.10 Å². The highest BCUT2D eigenvalue weighted by atomic mass is 16.4. The van der Waals surface area contributed by atoms with Gasteiger partial charge in [-0.2, -0.15) is 5.21 Å². The lowest BCUT2D eigenvalue weighted by atomic mass is 9.69. The van der Waals surface area contributed by atoms with Gasteiger partial charge in [0, 0.05) is 5.92 Å². The minimum Gasteiger partial charge on any atom is -0.480 e. The average molecular weight is 294 g/mol. The fraction of sp³-hybridized carbons (Fsp3) is 0.750. The number of aromatic amines is 1. The van der Waals surface area contributed by atoms with Crippen molar-refractivity contribution in [3.63, 3.8) is 0 Å². The molecule has 9 heteroatoms. The number of fused-ring (bicyclic) bond motifs is 1. The molecule has 0 bridgehead atoms. The summed E-state index contributed by atoms with van der Waals surface area (Å²) < 4.78 is 0. The van der Waals surface area contributed by atoms with Crippen LogP contribution >= 0.6 is 0 Å². The maximum Gasteiger partial charge on any atom is 0.320 e. The Bertz CT molecular complexity index is 519. The summed E-state index contributed by atoms with van der Waals surface area (Å²) in [5.74, 6) is -0.114. The summed E-state index contributed by atoms with van der Waals surface area (Å²) in [5.41, 5.74) is 0. The number of rotatable bonds is 3. The molecule has 1 saturated heterocycles. The molecule has 1 aromatic heterocycles. The number of tetrazole rings is 1. The number of aliphatic carboxylic acids is 1. The van der Waals surface area contributed by atoms with E-state index < -0.39 is 12.0 Å². The molecule has 0 unspecified atom stereocenters. The second-order valence-electron chi connectivity index (χ2n) is 5.79. The van der Waals surface area contributed by atoms with Crippen LogP contribution in [-0.2, 0) is 9.59 Å². The number of hydrogen-bond acceptors (Lipinski definition) is 6. The van der Waals surface area contributed by atoms with Crippen LogP contribution in [0, 0.1) is 17.8 Å². The number of carbonyl (C=O) groups is 2. The van der Waals surface area contributed by atoms with E-state index in [1.165, 1.54) is 0 Å². The van der Waals surface area contributed by atoms with Crippen LogP contribution in [0.3, 0.4) is 0 Å². The zero-order valence-corrected chi connectivity index (χ0v) is 11.5. The van der Waals surface area contributed by atoms with E-state index in [4.69, 9.17) is 5.11 Å². The maximum absolute atomic E-state index is 12.2. The standard InChI is InChI=1S/C12H18N6O3/c19-10(14-12-15-17-18-16-12)6-1-2-7-5-13-9(11(20)21)4-8(7)3-6/h6-9,13H,1-5H2,(H,20,21)(H2,14,15,16,17,18,19)/t6-,7-,8+,9-/m0/s1. The summed E-state index contributed by atoms with van der Waals surface area (Å²) in [7, 11) is 0. The van der Waals surface area contributed by atoms with Crippen molar-refractivity contribution >= 4 is 17.8 Å². The molecule has 1 saturated carbocycles. The molecule has 4 atom stereocenters. The van der Waals surface area contributed by atoms with Crippen molar-refractivity contribution in [1.82, 2.24) is 25.9 Å². The lowest BCUT2D eigenvalue weighted by Crippen LogP contribution is -2.50. The first-order chi connectivity index (χ1) is 10.1. The zero-order valence-electron chi connectivity index (χ0n) is 11.5. The van der Waals surface area contributed by atoms with Crippen LogP contribution in [0.15, 0.2) is 0 Å². The van der Waals surface area contributed by atoms with E-state index in [1.807, 2.05) is 0 Å². The Labute approximate surface area is 120 Å². The van der Waals surface area contributed by atoms with Crippen molar-refractivity contribution in [1.29, 1.82) is 0 Å². The molecule has 4 N–H and O–H groups in total. The van der Waals surface area contributed by atoms with E-state index in [2.05, 4.69) is 31.3 Å². The number of amides is 1. The summed E-state index contributed by atoms with van der Waals surface area (Å²) in [6.45, 7) is 0.723. The average Bonchev–Trinajstić information content (AvgIpc) is 2.98. The van der Waals surface area contributed by atoms with Gasteiger partial charge in [0.15, 0.2) is 0 Å². The van der Waals surface area contributed by atoms with Crippen molar-refractivity contribution < 1.29 is 14.7 Å². The van der Waals surface area contributed by atoms with E-state index >= 15 is 0 Å². The van der Waals surface area contributed by atoms with Gasteiger partial charge in [-0.25, -0.2) is 0 Å². The minimum atomic E-state index is -0.813. The second-order valence-corrected chi connectivity index (χ2v) is 5.79. The van der Waals surface area contributed by atoms with Crippen LogP contribution in [0.25, 0.3) is 0 Å². The Morgan fingerprint density at radius 2 is 2.10 bits per heavy atom. The Morgan fingerprint density at radius 1 is 1.24 bits per heavy atom. The van der Waals surface area contributed by atoms with Crippen LogP contribution in [0.2, 0.25) is 0 Å². The molecule has 21 heavy (non-hydrogen) atoms. The lowest BCUT2D eigenvalue weighted by molar-refractivity contribution is -0.141. The van der Waals surface area contributed by atoms with Crippen molar-refractivity contribution in [3.8, 4) is 0 Å². The van der Waals surface area contributed by atoms with E-state index in [-0.39, 0.29) is 23.7 Å². The molecule has 2 fully saturated rings. The van der Waals surface area contributed by atoms with Gasteiger partial charge in [0.2, 0.25) is 5.91 Å². The largest absolute Gasteiger partial charge is 0.480 e. The van der Waals surface area contributed by atoms with E-state index in [0.717, 1.165) is 25.8 Å². The molecule has 2 aliphatic rings. The van der Waals surface area contributed by atoms with Crippen LogP contribution in [-0.4, -0.2) is 50.2 Å². The van der Waals surface area contributed by atoms with Crippen LogP contribution in [0.4, 0.5) is 5.95 Å². The summed E-state index contributed by atoms with van der Waals surface area (Å²) in [5, 5.41) is 27.9. The van der Waals surface area contributed by atoms with Crippen molar-refractivity contribution in [2.75, 3.05) is 11.9 Å². The number of aromatic nitrogens is 4. The Morgan fingerprint density at radius 3 is 2.81 bits per heavy atom. The van der Waals surface area contributed by atoms with E-state index in [9.17, 15) is 9.59 Å². The number of piperidine rings is 1. The highest BCUT2D eigenvalue weighted by Crippen LogP contribution is 2.38. The molecule has 1 aromatic rings. The quantitative estimate of drug-likeness (QED) is 0.597. The minimum absolute atomic E-state index is 0.111. The SMILES string of the molecule is O=C(Nc1nn[nH]n1)[C@H]1CC[C@H]2CN[C@H](C(=O)O)C[C@H]2C1. The first-order valence-electron chi connectivity index (χ1n) is 7.14. The molecule has 0 radical (unpaired) electrons. The summed E-state index contributed by atoms with van der Waals surface area (Å²) in [6.07, 6.45) is 3.06. The third-order valence-electron chi connectivity index (χ3n) is 4.55. The van der Waals surface area contributed by atoms with E-state index in [0.29, 0.717) is 12.3 Å². The Balaban J connectivity index is 1.59. The molecule has 3 rings (SSSR count). The Hall–Kier alpha value is -2.03. The predicted molar refractivity (Wildman–Crippen MR) is 71.2 cm³/mol. The number of carboxylic acid groups (broad SMARTS) is 1. The maximum atomic E-state index is 12.2. The molecular formula is C12H18N6O3. The number of carbonyl (C=O) groups excluding carboxylic acids is 1. The van der Waals surface area contributed by atoms with Gasteiger partial charge in [0.05, 0.1) is 0 Å². The molecule has 0 aromatic carbocycles. The van der Waals surface area contributed by atoms with Crippen LogP contribution < -0.4 is 10.6 Å². The van der Waals surface area contributed by atoms with Gasteiger partial charge in [-0.1, -0.05) is 5.10 Å². The monoisotopic (exact) mass is 294 g/mol.